The van der Waals surface area contributed by atoms with E-state index in [4.69, 9.17) is 4.74 Å². The van der Waals surface area contributed by atoms with Crippen molar-refractivity contribution in [2.24, 2.45) is 0 Å². The second-order valence-corrected chi connectivity index (χ2v) is 7.20. The molecule has 0 aromatic heterocycles. The fourth-order valence-electron chi connectivity index (χ4n) is 2.33. The molecule has 1 heterocycles. The summed E-state index contributed by atoms with van der Waals surface area (Å²) in [5.74, 6) is 3.12. The van der Waals surface area contributed by atoms with Gasteiger partial charge in [0.25, 0.3) is 0 Å². The van der Waals surface area contributed by atoms with Gasteiger partial charge in [-0.1, -0.05) is 15.9 Å². The number of methoxy groups -OCH3 is 1. The molecule has 6 heteroatoms. The molecule has 1 aliphatic rings. The van der Waals surface area contributed by atoms with Gasteiger partial charge in [-0.05, 0) is 18.2 Å². The van der Waals surface area contributed by atoms with Crippen LogP contribution in [0.2, 0.25) is 0 Å². The number of rotatable bonds is 5. The zero-order chi connectivity index (χ0) is 15.2. The minimum absolute atomic E-state index is 0.164. The van der Waals surface area contributed by atoms with E-state index >= 15 is 0 Å². The SMILES string of the molecule is COc1ccc(Br)cc1CN(C)C(=O)CC1CSCCN1. The van der Waals surface area contributed by atoms with Gasteiger partial charge in [-0.25, -0.2) is 0 Å². The molecule has 1 fully saturated rings. The Kier molecular flexibility index (Phi) is 6.39. The van der Waals surface area contributed by atoms with Crippen molar-refractivity contribution in [1.29, 1.82) is 0 Å². The van der Waals surface area contributed by atoms with E-state index in [-0.39, 0.29) is 5.91 Å². The number of benzene rings is 1. The topological polar surface area (TPSA) is 41.6 Å². The largest absolute Gasteiger partial charge is 0.496 e. The third-order valence-electron chi connectivity index (χ3n) is 3.50. The molecule has 1 aromatic rings. The third-order valence-corrected chi connectivity index (χ3v) is 5.12. The smallest absolute Gasteiger partial charge is 0.224 e. The van der Waals surface area contributed by atoms with Crippen LogP contribution in [-0.2, 0) is 11.3 Å². The van der Waals surface area contributed by atoms with E-state index in [0.717, 1.165) is 33.8 Å². The fraction of sp³-hybridized carbons (Fsp3) is 0.533. The molecule has 21 heavy (non-hydrogen) atoms. The summed E-state index contributed by atoms with van der Waals surface area (Å²) >= 11 is 5.37. The van der Waals surface area contributed by atoms with E-state index in [1.165, 1.54) is 0 Å². The lowest BCUT2D eigenvalue weighted by Gasteiger charge is -2.25. The molecule has 0 saturated carbocycles. The minimum atomic E-state index is 0.164. The number of nitrogens with zero attached hydrogens (tertiary/aromatic N) is 1. The van der Waals surface area contributed by atoms with Crippen LogP contribution in [-0.4, -0.2) is 49.1 Å². The molecule has 1 aromatic carbocycles. The maximum absolute atomic E-state index is 12.3. The summed E-state index contributed by atoms with van der Waals surface area (Å²) in [6.07, 6.45) is 0.555. The van der Waals surface area contributed by atoms with Gasteiger partial charge in [-0.2, -0.15) is 11.8 Å². The standard InChI is InChI=1S/C15H21BrN2O2S/c1-18(15(19)8-13-10-21-6-5-17-13)9-11-7-12(16)3-4-14(11)20-2/h3-4,7,13,17H,5-6,8-10H2,1-2H3. The Morgan fingerprint density at radius 3 is 3.05 bits per heavy atom. The summed E-state index contributed by atoms with van der Waals surface area (Å²) in [7, 11) is 3.50. The van der Waals surface area contributed by atoms with Gasteiger partial charge in [-0.3, -0.25) is 4.79 Å². The van der Waals surface area contributed by atoms with Crippen molar-refractivity contribution in [3.63, 3.8) is 0 Å². The van der Waals surface area contributed by atoms with Gasteiger partial charge >= 0.3 is 0 Å². The van der Waals surface area contributed by atoms with E-state index in [1.54, 1.807) is 12.0 Å². The Labute approximate surface area is 138 Å². The van der Waals surface area contributed by atoms with E-state index in [2.05, 4.69) is 21.2 Å². The van der Waals surface area contributed by atoms with Gasteiger partial charge in [0.2, 0.25) is 5.91 Å². The second-order valence-electron chi connectivity index (χ2n) is 5.14. The molecule has 1 N–H and O–H groups in total. The number of halogens is 1. The van der Waals surface area contributed by atoms with Crippen LogP contribution in [0.5, 0.6) is 5.75 Å². The average Bonchev–Trinajstić information content (AvgIpc) is 2.48. The number of thioether (sulfide) groups is 1. The van der Waals surface area contributed by atoms with Crippen LogP contribution in [0.15, 0.2) is 22.7 Å². The normalized spacial score (nSPS) is 18.3. The van der Waals surface area contributed by atoms with E-state index in [1.807, 2.05) is 37.0 Å². The van der Waals surface area contributed by atoms with Gasteiger partial charge in [-0.15, -0.1) is 0 Å². The zero-order valence-electron chi connectivity index (χ0n) is 12.4. The molecule has 1 atom stereocenters. The summed E-state index contributed by atoms with van der Waals surface area (Å²) in [5, 5.41) is 3.40. The molecular formula is C15H21BrN2O2S. The van der Waals surface area contributed by atoms with Gasteiger partial charge in [0.15, 0.2) is 0 Å². The highest BCUT2D eigenvalue weighted by atomic mass is 79.9. The van der Waals surface area contributed by atoms with Crippen molar-refractivity contribution in [2.45, 2.75) is 19.0 Å². The number of hydrogen-bond donors (Lipinski definition) is 1. The molecule has 0 aliphatic carbocycles. The van der Waals surface area contributed by atoms with Crippen LogP contribution < -0.4 is 10.1 Å². The monoisotopic (exact) mass is 372 g/mol. The number of amides is 1. The number of carbonyl (C=O) groups excluding carboxylic acids is 1. The van der Waals surface area contributed by atoms with Crippen LogP contribution in [0.3, 0.4) is 0 Å². The average molecular weight is 373 g/mol. The maximum Gasteiger partial charge on any atom is 0.224 e. The molecule has 0 spiro atoms. The lowest BCUT2D eigenvalue weighted by atomic mass is 10.1. The molecule has 4 nitrogen and oxygen atoms in total. The fourth-order valence-corrected chi connectivity index (χ4v) is 3.69. The van der Waals surface area contributed by atoms with Crippen LogP contribution in [0.25, 0.3) is 0 Å². The number of carbonyl (C=O) groups is 1. The third kappa shape index (κ3) is 4.90. The van der Waals surface area contributed by atoms with Crippen molar-refractivity contribution < 1.29 is 9.53 Å². The van der Waals surface area contributed by atoms with Gasteiger partial charge in [0.05, 0.1) is 7.11 Å². The van der Waals surface area contributed by atoms with E-state index in [0.29, 0.717) is 19.0 Å². The first kappa shape index (κ1) is 16.6. The Bertz CT molecular complexity index is 493. The number of hydrogen-bond acceptors (Lipinski definition) is 4. The van der Waals surface area contributed by atoms with Crippen molar-refractivity contribution in [3.8, 4) is 5.75 Å². The quantitative estimate of drug-likeness (QED) is 0.861. The van der Waals surface area contributed by atoms with Gasteiger partial charge < -0.3 is 15.0 Å². The first-order chi connectivity index (χ1) is 10.1. The van der Waals surface area contributed by atoms with Crippen LogP contribution in [0, 0.1) is 0 Å². The van der Waals surface area contributed by atoms with Crippen LogP contribution in [0.1, 0.15) is 12.0 Å². The molecule has 2 rings (SSSR count). The molecule has 0 radical (unpaired) electrons. The van der Waals surface area contributed by atoms with Crippen LogP contribution in [0.4, 0.5) is 0 Å². The van der Waals surface area contributed by atoms with Crippen molar-refractivity contribution in [3.05, 3.63) is 28.2 Å². The van der Waals surface area contributed by atoms with E-state index in [9.17, 15) is 4.79 Å². The molecular weight excluding hydrogens is 352 g/mol. The van der Waals surface area contributed by atoms with E-state index < -0.39 is 0 Å². The minimum Gasteiger partial charge on any atom is -0.496 e. The molecule has 0 bridgehead atoms. The highest BCUT2D eigenvalue weighted by molar-refractivity contribution is 9.10. The first-order valence-electron chi connectivity index (χ1n) is 6.97. The zero-order valence-corrected chi connectivity index (χ0v) is 14.8. The molecule has 1 saturated heterocycles. The van der Waals surface area contributed by atoms with Crippen LogP contribution >= 0.6 is 27.7 Å². The number of nitrogens with one attached hydrogen (secondary N) is 1. The molecule has 1 aliphatic heterocycles. The molecule has 116 valence electrons. The van der Waals surface area contributed by atoms with Crippen molar-refractivity contribution in [2.75, 3.05) is 32.2 Å². The van der Waals surface area contributed by atoms with Crippen molar-refractivity contribution >= 4 is 33.6 Å². The molecule has 1 unspecified atom stereocenters. The molecule has 1 amide bonds. The predicted molar refractivity (Wildman–Crippen MR) is 90.9 cm³/mol. The summed E-state index contributed by atoms with van der Waals surface area (Å²) in [4.78, 5) is 14.1. The number of ether oxygens (including phenoxy) is 1. The summed E-state index contributed by atoms with van der Waals surface area (Å²) < 4.78 is 6.35. The van der Waals surface area contributed by atoms with Gasteiger partial charge in [0, 0.05) is 54.1 Å². The Hall–Kier alpha value is -0.720. The Balaban J connectivity index is 1.95. The highest BCUT2D eigenvalue weighted by Gasteiger charge is 2.19. The lowest BCUT2D eigenvalue weighted by Crippen LogP contribution is -2.41. The predicted octanol–water partition coefficient (Wildman–Crippen LogP) is 2.51. The first-order valence-corrected chi connectivity index (χ1v) is 8.92. The summed E-state index contributed by atoms with van der Waals surface area (Å²) in [6.45, 7) is 1.55. The Morgan fingerprint density at radius 1 is 1.57 bits per heavy atom. The van der Waals surface area contributed by atoms with Crippen molar-refractivity contribution in [1.82, 2.24) is 10.2 Å². The Morgan fingerprint density at radius 2 is 2.38 bits per heavy atom. The second kappa shape index (κ2) is 8.06. The summed E-state index contributed by atoms with van der Waals surface area (Å²) in [5.41, 5.74) is 1.01. The summed E-state index contributed by atoms with van der Waals surface area (Å²) in [6, 6.07) is 6.14. The maximum atomic E-state index is 12.3. The van der Waals surface area contributed by atoms with Gasteiger partial charge in [0.1, 0.15) is 5.75 Å². The lowest BCUT2D eigenvalue weighted by molar-refractivity contribution is -0.130. The highest BCUT2D eigenvalue weighted by Crippen LogP contribution is 2.24.